The second-order valence-corrected chi connectivity index (χ2v) is 7.05. The first-order chi connectivity index (χ1) is 14.6. The Labute approximate surface area is 178 Å². The lowest BCUT2D eigenvalue weighted by Gasteiger charge is -2.06. The lowest BCUT2D eigenvalue weighted by atomic mass is 10.2. The number of nitrogens with one attached hydrogen (secondary N) is 1. The third-order valence-corrected chi connectivity index (χ3v) is 4.88. The molecule has 0 spiro atoms. The summed E-state index contributed by atoms with van der Waals surface area (Å²) < 4.78 is 12.7. The van der Waals surface area contributed by atoms with Crippen LogP contribution < -0.4 is 10.1 Å². The molecule has 152 valence electrons. The van der Waals surface area contributed by atoms with E-state index in [-0.39, 0.29) is 12.3 Å². The normalized spacial score (nSPS) is 10.7. The van der Waals surface area contributed by atoms with Crippen molar-refractivity contribution in [3.8, 4) is 5.75 Å². The van der Waals surface area contributed by atoms with Crippen molar-refractivity contribution >= 4 is 23.2 Å². The standard InChI is InChI=1S/C22H19ClN4O3/c1-15-19(14-29-18-8-3-2-4-9-18)21(26-30-15)22(28)25-17-11-24-27(13-17)12-16-7-5-6-10-20(16)23/h2-11,13H,12,14H2,1H3,(H,25,28). The Morgan fingerprint density at radius 1 is 1.17 bits per heavy atom. The van der Waals surface area contributed by atoms with Crippen LogP contribution in [-0.2, 0) is 13.2 Å². The van der Waals surface area contributed by atoms with E-state index in [0.717, 1.165) is 5.56 Å². The highest BCUT2D eigenvalue weighted by Gasteiger charge is 2.21. The van der Waals surface area contributed by atoms with Gasteiger partial charge in [0.2, 0.25) is 0 Å². The molecule has 0 aliphatic rings. The molecule has 0 saturated heterocycles. The smallest absolute Gasteiger partial charge is 0.278 e. The van der Waals surface area contributed by atoms with Gasteiger partial charge in [0.25, 0.3) is 5.91 Å². The molecular weight excluding hydrogens is 404 g/mol. The number of para-hydroxylation sites is 1. The number of ether oxygens (including phenoxy) is 1. The monoisotopic (exact) mass is 422 g/mol. The molecule has 4 aromatic rings. The van der Waals surface area contributed by atoms with Crippen LogP contribution in [0.15, 0.2) is 71.5 Å². The number of halogens is 1. The van der Waals surface area contributed by atoms with Crippen molar-refractivity contribution in [1.82, 2.24) is 14.9 Å². The lowest BCUT2D eigenvalue weighted by Crippen LogP contribution is -2.15. The maximum absolute atomic E-state index is 12.7. The van der Waals surface area contributed by atoms with Crippen LogP contribution >= 0.6 is 11.6 Å². The largest absolute Gasteiger partial charge is 0.489 e. The van der Waals surface area contributed by atoms with E-state index in [0.29, 0.717) is 34.3 Å². The number of benzene rings is 2. The maximum atomic E-state index is 12.7. The highest BCUT2D eigenvalue weighted by Crippen LogP contribution is 2.20. The highest BCUT2D eigenvalue weighted by molar-refractivity contribution is 6.31. The second kappa shape index (κ2) is 8.84. The third kappa shape index (κ3) is 4.52. The van der Waals surface area contributed by atoms with Gasteiger partial charge in [0.15, 0.2) is 5.69 Å². The molecule has 7 nitrogen and oxygen atoms in total. The first kappa shape index (κ1) is 19.7. The number of carbonyl (C=O) groups is 1. The van der Waals surface area contributed by atoms with Crippen molar-refractivity contribution in [3.05, 3.63) is 94.6 Å². The van der Waals surface area contributed by atoms with E-state index in [9.17, 15) is 4.79 Å². The molecule has 1 amide bonds. The average molecular weight is 423 g/mol. The SMILES string of the molecule is Cc1onc(C(=O)Nc2cnn(Cc3ccccc3Cl)c2)c1COc1ccccc1. The molecule has 0 radical (unpaired) electrons. The summed E-state index contributed by atoms with van der Waals surface area (Å²) in [7, 11) is 0. The quantitative estimate of drug-likeness (QED) is 0.466. The number of carbonyl (C=O) groups excluding carboxylic acids is 1. The Balaban J connectivity index is 1.43. The molecule has 0 bridgehead atoms. The van der Waals surface area contributed by atoms with Gasteiger partial charge in [-0.2, -0.15) is 5.10 Å². The van der Waals surface area contributed by atoms with Gasteiger partial charge in [0.1, 0.15) is 18.1 Å². The summed E-state index contributed by atoms with van der Waals surface area (Å²) in [6.07, 6.45) is 3.30. The van der Waals surface area contributed by atoms with E-state index in [4.69, 9.17) is 20.9 Å². The molecule has 0 unspecified atom stereocenters. The van der Waals surface area contributed by atoms with Gasteiger partial charge in [-0.3, -0.25) is 9.48 Å². The van der Waals surface area contributed by atoms with Crippen molar-refractivity contribution in [2.45, 2.75) is 20.1 Å². The molecule has 2 heterocycles. The Morgan fingerprint density at radius 2 is 1.93 bits per heavy atom. The number of nitrogens with zero attached hydrogens (tertiary/aromatic N) is 3. The van der Waals surface area contributed by atoms with Gasteiger partial charge < -0.3 is 14.6 Å². The number of aryl methyl sites for hydroxylation is 1. The zero-order valence-corrected chi connectivity index (χ0v) is 17.0. The van der Waals surface area contributed by atoms with Gasteiger partial charge in [-0.15, -0.1) is 0 Å². The number of anilines is 1. The third-order valence-electron chi connectivity index (χ3n) is 4.51. The number of hydrogen-bond donors (Lipinski definition) is 1. The Kier molecular flexibility index (Phi) is 5.81. The summed E-state index contributed by atoms with van der Waals surface area (Å²) >= 11 is 6.20. The molecule has 4 rings (SSSR count). The van der Waals surface area contributed by atoms with Crippen LogP contribution in [0, 0.1) is 6.92 Å². The molecule has 0 aliphatic carbocycles. The van der Waals surface area contributed by atoms with Gasteiger partial charge in [-0.05, 0) is 30.7 Å². The maximum Gasteiger partial charge on any atom is 0.278 e. The molecule has 0 saturated carbocycles. The minimum Gasteiger partial charge on any atom is -0.489 e. The molecule has 1 N–H and O–H groups in total. The van der Waals surface area contributed by atoms with E-state index >= 15 is 0 Å². The highest BCUT2D eigenvalue weighted by atomic mass is 35.5. The van der Waals surface area contributed by atoms with Gasteiger partial charge >= 0.3 is 0 Å². The van der Waals surface area contributed by atoms with Crippen LogP contribution in [-0.4, -0.2) is 20.8 Å². The minimum atomic E-state index is -0.393. The fourth-order valence-corrected chi connectivity index (χ4v) is 3.11. The topological polar surface area (TPSA) is 82.2 Å². The van der Waals surface area contributed by atoms with E-state index in [2.05, 4.69) is 15.6 Å². The minimum absolute atomic E-state index is 0.174. The fraction of sp³-hybridized carbons (Fsp3) is 0.136. The van der Waals surface area contributed by atoms with E-state index in [1.165, 1.54) is 0 Å². The Bertz CT molecular complexity index is 1150. The molecule has 0 atom stereocenters. The zero-order valence-electron chi connectivity index (χ0n) is 16.2. The van der Waals surface area contributed by atoms with Gasteiger partial charge in [-0.25, -0.2) is 0 Å². The molecule has 0 aliphatic heterocycles. The first-order valence-electron chi connectivity index (χ1n) is 9.30. The van der Waals surface area contributed by atoms with E-state index in [1.807, 2.05) is 54.6 Å². The summed E-state index contributed by atoms with van der Waals surface area (Å²) in [6, 6.07) is 16.9. The van der Waals surface area contributed by atoms with Crippen molar-refractivity contribution in [2.75, 3.05) is 5.32 Å². The van der Waals surface area contributed by atoms with Crippen molar-refractivity contribution in [1.29, 1.82) is 0 Å². The van der Waals surface area contributed by atoms with Crippen molar-refractivity contribution in [2.24, 2.45) is 0 Å². The van der Waals surface area contributed by atoms with Gasteiger partial charge in [-0.1, -0.05) is 53.2 Å². The van der Waals surface area contributed by atoms with Gasteiger partial charge in [0.05, 0.1) is 24.0 Å². The summed E-state index contributed by atoms with van der Waals surface area (Å²) in [5, 5.41) is 11.6. The predicted octanol–water partition coefficient (Wildman–Crippen LogP) is 4.71. The van der Waals surface area contributed by atoms with Crippen LogP contribution in [0.2, 0.25) is 5.02 Å². The molecular formula is C22H19ClN4O3. The number of aromatic nitrogens is 3. The average Bonchev–Trinajstić information content (AvgIpc) is 3.35. The van der Waals surface area contributed by atoms with Crippen molar-refractivity contribution < 1.29 is 14.1 Å². The molecule has 0 fully saturated rings. The summed E-state index contributed by atoms with van der Waals surface area (Å²) in [5.74, 6) is 0.839. The van der Waals surface area contributed by atoms with E-state index in [1.54, 1.807) is 24.0 Å². The summed E-state index contributed by atoms with van der Waals surface area (Å²) in [6.45, 7) is 2.41. The van der Waals surface area contributed by atoms with Gasteiger partial charge in [0, 0.05) is 11.2 Å². The number of hydrogen-bond acceptors (Lipinski definition) is 5. The molecule has 8 heteroatoms. The van der Waals surface area contributed by atoms with E-state index < -0.39 is 5.91 Å². The Hall–Kier alpha value is -3.58. The van der Waals surface area contributed by atoms with Crippen molar-refractivity contribution in [3.63, 3.8) is 0 Å². The fourth-order valence-electron chi connectivity index (χ4n) is 2.92. The molecule has 2 aromatic carbocycles. The molecule has 2 aromatic heterocycles. The number of rotatable bonds is 7. The molecule has 30 heavy (non-hydrogen) atoms. The Morgan fingerprint density at radius 3 is 2.73 bits per heavy atom. The zero-order chi connectivity index (χ0) is 20.9. The van der Waals surface area contributed by atoms with Crippen LogP contribution in [0.4, 0.5) is 5.69 Å². The lowest BCUT2D eigenvalue weighted by molar-refractivity contribution is 0.101. The van der Waals surface area contributed by atoms with Crippen LogP contribution in [0.5, 0.6) is 5.75 Å². The number of amides is 1. The second-order valence-electron chi connectivity index (χ2n) is 6.64. The van der Waals surface area contributed by atoms with Crippen LogP contribution in [0.3, 0.4) is 0 Å². The summed E-state index contributed by atoms with van der Waals surface area (Å²) in [4.78, 5) is 12.7. The summed E-state index contributed by atoms with van der Waals surface area (Å²) in [5.41, 5.74) is 2.26. The predicted molar refractivity (Wildman–Crippen MR) is 113 cm³/mol. The van der Waals surface area contributed by atoms with Crippen LogP contribution in [0.1, 0.15) is 27.4 Å². The van der Waals surface area contributed by atoms with Crippen LogP contribution in [0.25, 0.3) is 0 Å². The first-order valence-corrected chi connectivity index (χ1v) is 9.68.